The summed E-state index contributed by atoms with van der Waals surface area (Å²) >= 11 is 10.0. The Kier molecular flexibility index (Phi) is 12.9. The van der Waals surface area contributed by atoms with Crippen molar-refractivity contribution in [2.75, 3.05) is 13.1 Å². The third-order valence-corrected chi connectivity index (χ3v) is 2.82. The van der Waals surface area contributed by atoms with Crippen LogP contribution in [-0.2, 0) is 48.7 Å². The molecule has 0 saturated carbocycles. The van der Waals surface area contributed by atoms with E-state index in [-0.39, 0.29) is 17.1 Å². The van der Waals surface area contributed by atoms with Gasteiger partial charge in [0.2, 0.25) is 0 Å². The van der Waals surface area contributed by atoms with Gasteiger partial charge in [0.05, 0.1) is 11.9 Å². The molecule has 0 aliphatic carbocycles. The molecule has 0 saturated heterocycles. The number of hydrazone groups is 2. The Hall–Kier alpha value is -1.61. The Bertz CT molecular complexity index is 588. The van der Waals surface area contributed by atoms with E-state index in [0.717, 1.165) is 5.56 Å². The quantitative estimate of drug-likeness (QED) is 0.229. The van der Waals surface area contributed by atoms with Crippen LogP contribution < -0.4 is 10.9 Å². The van der Waals surface area contributed by atoms with Crippen LogP contribution in [0.5, 0.6) is 0 Å². The molecule has 0 fully saturated rings. The molecule has 0 amide bonds. The first-order valence-electron chi connectivity index (χ1n) is 7.09. The molecule has 1 rings (SSSR count). The van der Waals surface area contributed by atoms with Gasteiger partial charge in [0.25, 0.3) is 0 Å². The first-order valence-corrected chi connectivity index (χ1v) is 7.90. The van der Waals surface area contributed by atoms with Gasteiger partial charge in [-0.2, -0.15) is 10.2 Å². The maximum Gasteiger partial charge on any atom is 2.00 e. The van der Waals surface area contributed by atoms with Gasteiger partial charge in [-0.05, 0) is 35.8 Å². The van der Waals surface area contributed by atoms with E-state index in [0.29, 0.717) is 35.6 Å². The van der Waals surface area contributed by atoms with Crippen molar-refractivity contribution < 1.29 is 17.1 Å². The number of rotatable bonds is 7. The van der Waals surface area contributed by atoms with Gasteiger partial charge < -0.3 is 25.3 Å². The summed E-state index contributed by atoms with van der Waals surface area (Å²) in [5.74, 6) is 0. The van der Waals surface area contributed by atoms with Crippen LogP contribution in [-0.4, -0.2) is 40.3 Å². The molecule has 7 nitrogen and oxygen atoms in total. The maximum atomic E-state index is 5.03. The Morgan fingerprint density at radius 2 is 1.83 bits per heavy atom. The van der Waals surface area contributed by atoms with Crippen molar-refractivity contribution >= 4 is 47.5 Å². The fourth-order valence-corrected chi connectivity index (χ4v) is 1.82. The largest absolute Gasteiger partial charge is 2.00 e. The maximum absolute atomic E-state index is 5.03. The first-order chi connectivity index (χ1) is 11.2. The van der Waals surface area contributed by atoms with Crippen molar-refractivity contribution in [3.63, 3.8) is 0 Å². The standard InChI is InChI=1S/C14H21N7S2.Cu/c1-3-16-13(22)20-18-10-12(19-21-14(23)17-4-2)8-11-6-5-7-15-9-11;/h5-7,9-10H,3-4,8H2,1-2H3,(H2,16,20,22)(H2,17,21,23);/q;+2/p-2/b18-10+,19-12+;. The van der Waals surface area contributed by atoms with Crippen molar-refractivity contribution in [3.05, 3.63) is 30.1 Å². The molecule has 24 heavy (non-hydrogen) atoms. The number of nitrogens with one attached hydrogen (secondary N) is 2. The third kappa shape index (κ3) is 10.2. The molecule has 0 spiro atoms. The van der Waals surface area contributed by atoms with Crippen LogP contribution >= 0.6 is 0 Å². The van der Waals surface area contributed by atoms with Crippen molar-refractivity contribution in [1.29, 1.82) is 0 Å². The van der Waals surface area contributed by atoms with Gasteiger partial charge in [0, 0.05) is 31.9 Å². The number of aliphatic imine (C=N–C) groups is 2. The second-order valence-corrected chi connectivity index (χ2v) is 4.96. The molecule has 0 bridgehead atoms. The van der Waals surface area contributed by atoms with Gasteiger partial charge in [-0.15, -0.1) is 0 Å². The predicted molar refractivity (Wildman–Crippen MR) is 101 cm³/mol. The summed E-state index contributed by atoms with van der Waals surface area (Å²) in [5, 5.41) is 8.91. The number of hydrogen-bond acceptors (Lipinski definition) is 7. The van der Waals surface area contributed by atoms with Gasteiger partial charge in [-0.25, -0.2) is 0 Å². The summed E-state index contributed by atoms with van der Waals surface area (Å²) < 4.78 is 0. The zero-order chi connectivity index (χ0) is 16.9. The molecule has 0 aromatic carbocycles. The van der Waals surface area contributed by atoms with Crippen LogP contribution in [0.4, 0.5) is 0 Å². The Balaban J connectivity index is 0.00000529. The van der Waals surface area contributed by atoms with E-state index in [9.17, 15) is 0 Å². The summed E-state index contributed by atoms with van der Waals surface area (Å²) in [7, 11) is 0. The second-order valence-electron chi connectivity index (χ2n) is 4.18. The first kappa shape index (κ1) is 22.4. The minimum absolute atomic E-state index is 0. The smallest absolute Gasteiger partial charge is 0.741 e. The predicted octanol–water partition coefficient (Wildman–Crippen LogP) is 0.988. The van der Waals surface area contributed by atoms with E-state index in [4.69, 9.17) is 25.3 Å². The van der Waals surface area contributed by atoms with Gasteiger partial charge >= 0.3 is 17.1 Å². The van der Waals surface area contributed by atoms with Crippen LogP contribution in [0.3, 0.4) is 0 Å². The zero-order valence-electron chi connectivity index (χ0n) is 13.4. The Morgan fingerprint density at radius 1 is 1.17 bits per heavy atom. The van der Waals surface area contributed by atoms with Gasteiger partial charge in [-0.1, -0.05) is 6.07 Å². The number of pyridine rings is 1. The van der Waals surface area contributed by atoms with Crippen molar-refractivity contribution in [2.24, 2.45) is 20.2 Å². The minimum atomic E-state index is 0. The van der Waals surface area contributed by atoms with Crippen LogP contribution in [0.1, 0.15) is 19.4 Å². The molecule has 0 unspecified atom stereocenters. The molecule has 1 aromatic rings. The molecule has 1 radical (unpaired) electrons. The minimum Gasteiger partial charge on any atom is -0.741 e. The fourth-order valence-electron chi connectivity index (χ4n) is 1.47. The van der Waals surface area contributed by atoms with E-state index < -0.39 is 0 Å². The third-order valence-electron chi connectivity index (χ3n) is 2.38. The van der Waals surface area contributed by atoms with Crippen LogP contribution in [0.25, 0.3) is 0 Å². The molecule has 0 aliphatic heterocycles. The van der Waals surface area contributed by atoms with Gasteiger partial charge in [0.15, 0.2) is 0 Å². The SMILES string of the molecule is CCN=C([S-])N/N=C/C(Cc1cccnc1)=N/NC([S-])=NCC.[Cu+2]. The van der Waals surface area contributed by atoms with Crippen LogP contribution in [0.15, 0.2) is 44.7 Å². The summed E-state index contributed by atoms with van der Waals surface area (Å²) in [6.45, 7) is 5.00. The molecule has 2 N–H and O–H groups in total. The van der Waals surface area contributed by atoms with Crippen molar-refractivity contribution in [3.8, 4) is 0 Å². The molecule has 1 heterocycles. The van der Waals surface area contributed by atoms with Crippen molar-refractivity contribution in [2.45, 2.75) is 20.3 Å². The summed E-state index contributed by atoms with van der Waals surface area (Å²) in [6.07, 6.45) is 5.58. The second kappa shape index (κ2) is 13.8. The topological polar surface area (TPSA) is 86.4 Å². The average molecular weight is 413 g/mol. The Labute approximate surface area is 163 Å². The summed E-state index contributed by atoms with van der Waals surface area (Å²) in [4.78, 5) is 12.1. The fraction of sp³-hybridized carbons (Fsp3) is 0.357. The molecule has 0 aliphatic rings. The van der Waals surface area contributed by atoms with Gasteiger partial charge in [0.1, 0.15) is 0 Å². The van der Waals surface area contributed by atoms with Crippen LogP contribution in [0, 0.1) is 0 Å². The normalized spacial score (nSPS) is 12.8. The van der Waals surface area contributed by atoms with E-state index in [1.165, 1.54) is 0 Å². The number of hydrogen-bond donors (Lipinski definition) is 2. The molecule has 0 atom stereocenters. The summed E-state index contributed by atoms with van der Waals surface area (Å²) in [6, 6.07) is 3.82. The van der Waals surface area contributed by atoms with E-state index in [1.807, 2.05) is 26.0 Å². The van der Waals surface area contributed by atoms with E-state index >= 15 is 0 Å². The zero-order valence-corrected chi connectivity index (χ0v) is 15.9. The molecular formula is C14H19CuN7S2. The number of nitrogens with zero attached hydrogens (tertiary/aromatic N) is 5. The van der Waals surface area contributed by atoms with Gasteiger partial charge in [-0.3, -0.25) is 25.8 Å². The van der Waals surface area contributed by atoms with Crippen molar-refractivity contribution in [1.82, 2.24) is 15.8 Å². The number of amidine groups is 2. The number of aromatic nitrogens is 1. The molecule has 1 aromatic heterocycles. The monoisotopic (exact) mass is 412 g/mol. The van der Waals surface area contributed by atoms with E-state index in [2.05, 4.69) is 36.0 Å². The summed E-state index contributed by atoms with van der Waals surface area (Å²) in [5.41, 5.74) is 7.04. The van der Waals surface area contributed by atoms with Crippen LogP contribution in [0.2, 0.25) is 0 Å². The van der Waals surface area contributed by atoms with E-state index in [1.54, 1.807) is 18.6 Å². The molecule has 10 heteroatoms. The molecular weight excluding hydrogens is 394 g/mol. The molecule has 133 valence electrons. The Morgan fingerprint density at radius 3 is 2.42 bits per heavy atom. The average Bonchev–Trinajstić information content (AvgIpc) is 2.54.